The summed E-state index contributed by atoms with van der Waals surface area (Å²) in [4.78, 5) is 64.0. The Bertz CT molecular complexity index is 7580. The molecule has 5 heterocycles. The summed E-state index contributed by atoms with van der Waals surface area (Å²) in [5.41, 5.74) is 3.90. The second kappa shape index (κ2) is 38.7. The van der Waals surface area contributed by atoms with Gasteiger partial charge in [0.1, 0.15) is 11.3 Å². The number of nitrogens with zero attached hydrogens (tertiary/aromatic N) is 7. The van der Waals surface area contributed by atoms with Crippen LogP contribution in [0.5, 0.6) is 0 Å². The molecule has 0 aliphatic carbocycles. The molecule has 0 saturated carbocycles. The van der Waals surface area contributed by atoms with E-state index in [1.54, 1.807) is 151 Å². The predicted molar refractivity (Wildman–Crippen MR) is 543 cm³/mol. The van der Waals surface area contributed by atoms with Crippen LogP contribution >= 0.6 is 188 Å². The lowest BCUT2D eigenvalue weighted by Gasteiger charge is -2.22. The highest BCUT2D eigenvalue weighted by Gasteiger charge is 2.38. The SMILES string of the molecule is Clc1cc2c(c(Cl)c1Cl)-c1nc-2nc2[nH]c(nc3nc(nc4c5c(Sc6ccccc6)c(Sc6ccccc6)c(Sc6ccccc6)c(Sc6ccccc6)c5c(n1)n4Cl)-c1c(Sc4ccccc4)c(Sc4ccccc4)c(Sc4ccccc4)c(Sc4ccccc4)c1-3)c1c(Sc3ccccc3)c(Sc3ccccc3)c(Sc3ccccc3)c(Sc3ccccc3)c21. The number of hydrogen-bond acceptors (Lipinski definition) is 18. The summed E-state index contributed by atoms with van der Waals surface area (Å²) in [5, 5.41) is 3.35. The van der Waals surface area contributed by atoms with Crippen molar-refractivity contribution in [2.24, 2.45) is 0 Å². The van der Waals surface area contributed by atoms with Gasteiger partial charge < -0.3 is 4.98 Å². The van der Waals surface area contributed by atoms with Gasteiger partial charge in [0.15, 0.2) is 34.6 Å². The van der Waals surface area contributed by atoms with Gasteiger partial charge in [0.25, 0.3) is 0 Å². The third-order valence-electron chi connectivity index (χ3n) is 20.4. The molecule has 2 aliphatic heterocycles. The molecule has 0 saturated heterocycles. The summed E-state index contributed by atoms with van der Waals surface area (Å²) in [5.74, 6) is 1.14. The lowest BCUT2D eigenvalue weighted by molar-refractivity contribution is 1.03. The van der Waals surface area contributed by atoms with Crippen molar-refractivity contribution in [2.75, 3.05) is 0 Å². The lowest BCUT2D eigenvalue weighted by Crippen LogP contribution is -1.97. The van der Waals surface area contributed by atoms with E-state index >= 15 is 0 Å². The minimum Gasteiger partial charge on any atom is -0.324 e. The molecule has 3 aromatic heterocycles. The molecule has 16 aromatic carbocycles. The highest BCUT2D eigenvalue weighted by atomic mass is 35.5. The fraction of sp³-hybridized carbons (Fsp3) is 0. The van der Waals surface area contributed by atoms with Gasteiger partial charge >= 0.3 is 0 Å². The van der Waals surface area contributed by atoms with Crippen LogP contribution in [0.2, 0.25) is 15.1 Å². The quantitative estimate of drug-likeness (QED) is 0.0581. The average Bonchev–Trinajstić information content (AvgIpc) is 1.54. The Kier molecular flexibility index (Phi) is 25.7. The molecule has 0 spiro atoms. The Balaban J connectivity index is 1.04. The molecule has 128 heavy (non-hydrogen) atoms. The van der Waals surface area contributed by atoms with Gasteiger partial charge in [-0.05, 0) is 152 Å². The lowest BCUT2D eigenvalue weighted by atomic mass is 10.1. The van der Waals surface area contributed by atoms with Gasteiger partial charge in [0.05, 0.1) is 20.6 Å². The predicted octanol–water partition coefficient (Wildman–Crippen LogP) is 35.1. The van der Waals surface area contributed by atoms with Crippen LogP contribution in [0.1, 0.15) is 0 Å². The fourth-order valence-electron chi connectivity index (χ4n) is 14.8. The van der Waals surface area contributed by atoms with Gasteiger partial charge in [-0.25, -0.2) is 34.0 Å². The van der Waals surface area contributed by atoms with Crippen LogP contribution in [0.15, 0.2) is 488 Å². The van der Waals surface area contributed by atoms with Crippen molar-refractivity contribution in [3.05, 3.63) is 385 Å². The van der Waals surface area contributed by atoms with Crippen LogP contribution in [-0.4, -0.2) is 39.0 Å². The van der Waals surface area contributed by atoms with E-state index in [1.807, 2.05) is 12.1 Å². The van der Waals surface area contributed by atoms with Gasteiger partial charge in [-0.15, -0.1) is 0 Å². The van der Waals surface area contributed by atoms with Crippen molar-refractivity contribution in [2.45, 2.75) is 117 Å². The molecule has 1 N–H and O–H groups in total. The smallest absolute Gasteiger partial charge is 0.166 e. The number of benzene rings is 16. The van der Waals surface area contributed by atoms with E-state index in [1.165, 1.54) is 0 Å². The van der Waals surface area contributed by atoms with E-state index in [4.69, 9.17) is 76.5 Å². The van der Waals surface area contributed by atoms with E-state index in [9.17, 15) is 0 Å². The number of halogens is 4. The molecule has 24 heteroatoms. The second-order valence-electron chi connectivity index (χ2n) is 28.8. The summed E-state index contributed by atoms with van der Waals surface area (Å²) in [6.07, 6.45) is 0. The van der Waals surface area contributed by atoms with Crippen molar-refractivity contribution in [3.8, 4) is 45.6 Å². The number of hydrogen-bond donors (Lipinski definition) is 1. The first-order valence-corrected chi connectivity index (χ1v) is 51.5. The Hall–Kier alpha value is -9.76. The maximum atomic E-state index is 8.81. The first-order valence-electron chi connectivity index (χ1n) is 40.3. The van der Waals surface area contributed by atoms with Gasteiger partial charge in [0.2, 0.25) is 0 Å². The Labute approximate surface area is 810 Å². The van der Waals surface area contributed by atoms with E-state index in [0.29, 0.717) is 56.1 Å². The van der Waals surface area contributed by atoms with Crippen LogP contribution in [-0.2, 0) is 0 Å². The molecule has 618 valence electrons. The zero-order valence-corrected chi connectivity index (χ0v) is 79.6. The van der Waals surface area contributed by atoms with Gasteiger partial charge in [-0.2, -0.15) is 0 Å². The monoisotopic (exact) mass is 1950 g/mol. The van der Waals surface area contributed by atoms with Gasteiger partial charge in [0, 0.05) is 168 Å². The molecule has 0 fully saturated rings. The number of aromatic nitrogens is 8. The van der Waals surface area contributed by atoms with Crippen LogP contribution in [0.4, 0.5) is 0 Å². The molecule has 19 aromatic rings. The molecule has 0 amide bonds. The summed E-state index contributed by atoms with van der Waals surface area (Å²) in [6, 6.07) is 129. The zero-order valence-electron chi connectivity index (χ0n) is 66.8. The highest BCUT2D eigenvalue weighted by molar-refractivity contribution is 8.07. The largest absolute Gasteiger partial charge is 0.324 e. The molecule has 21 rings (SSSR count). The minimum absolute atomic E-state index is 0.116. The first-order chi connectivity index (χ1) is 63.1. The van der Waals surface area contributed by atoms with Crippen LogP contribution in [0.25, 0.3) is 89.7 Å². The third kappa shape index (κ3) is 17.8. The maximum absolute atomic E-state index is 8.81. The van der Waals surface area contributed by atoms with E-state index in [0.717, 1.165) is 139 Å². The molecular weight excluding hydrogens is 1890 g/mol. The molecule has 0 unspecified atom stereocenters. The minimum atomic E-state index is 0.116. The summed E-state index contributed by atoms with van der Waals surface area (Å²) in [6.45, 7) is 0. The van der Waals surface area contributed by atoms with Gasteiger partial charge in [-0.3, -0.25) is 0 Å². The Morgan fingerprint density at radius 2 is 0.406 bits per heavy atom. The molecule has 2 aliphatic rings. The summed E-state index contributed by atoms with van der Waals surface area (Å²) >= 11 is 51.8. The Morgan fingerprint density at radius 3 is 0.672 bits per heavy atom. The van der Waals surface area contributed by atoms with E-state index in [2.05, 4.69) is 357 Å². The van der Waals surface area contributed by atoms with Crippen molar-refractivity contribution >= 4 is 232 Å². The number of aromatic amines is 1. The van der Waals surface area contributed by atoms with Crippen molar-refractivity contribution in [1.82, 2.24) is 39.0 Å². The number of nitrogens with one attached hydrogen (secondary N) is 1. The molecule has 0 radical (unpaired) electrons. The zero-order chi connectivity index (χ0) is 86.0. The summed E-state index contributed by atoms with van der Waals surface area (Å²) in [7, 11) is 0. The van der Waals surface area contributed by atoms with Crippen LogP contribution < -0.4 is 0 Å². The van der Waals surface area contributed by atoms with E-state index in [-0.39, 0.29) is 26.7 Å². The Morgan fingerprint density at radius 1 is 0.203 bits per heavy atom. The number of fused-ring (bicyclic) bond motifs is 20. The van der Waals surface area contributed by atoms with E-state index < -0.39 is 0 Å². The standard InChI is InChI=1S/C104H62Cl4N8S12/c105-75-61-74-76(84(107)83(75)106)98-109-97(74)110-99-77-78(86(118-63-39-15-2-16-40-63)92(124-69-51-27-8-28-52-69)91(123-68-49-25-7-26-50-68)85(77)117-62-37-13-1-14-38-62)100(111-99)112-101-79-80(88(120-65-43-19-4-20-44-65)94(126-71-55-31-10-32-56-71)93(125-70-53-29-9-30-54-70)87(79)119-64-41-17-3-18-42-64)102(113-101)115-104-82-81(103(114-98)116(104)108)89(121-66-45-21-5-22-46-66)95(127-72-57-33-11-34-58-72)96(128-73-59-35-12-36-60-73)90(82)122-67-47-23-6-24-48-67/h1-61H,(H,109,110,111,112,113,114,115). The summed E-state index contributed by atoms with van der Waals surface area (Å²) < 4.78 is 1.61. The third-order valence-corrected chi connectivity index (χ3v) is 36.6. The molecule has 8 nitrogen and oxygen atoms in total. The normalized spacial score (nSPS) is 11.7. The van der Waals surface area contributed by atoms with Crippen LogP contribution in [0, 0.1) is 0 Å². The molecule has 8 bridgehead atoms. The fourth-order valence-corrected chi connectivity index (χ4v) is 30.0. The highest BCUT2D eigenvalue weighted by Crippen LogP contribution is 2.63. The maximum Gasteiger partial charge on any atom is 0.166 e. The average molecular weight is 1950 g/mol. The van der Waals surface area contributed by atoms with Gasteiger partial charge in [-0.1, -0.05) is 394 Å². The number of H-pyrrole nitrogens is 1. The van der Waals surface area contributed by atoms with Crippen molar-refractivity contribution < 1.29 is 0 Å². The molecule has 0 atom stereocenters. The topological polar surface area (TPSA) is 98.1 Å². The van der Waals surface area contributed by atoms with Crippen molar-refractivity contribution in [3.63, 3.8) is 0 Å². The van der Waals surface area contributed by atoms with Crippen LogP contribution in [0.3, 0.4) is 0 Å². The van der Waals surface area contributed by atoms with Crippen molar-refractivity contribution in [1.29, 1.82) is 0 Å². The number of rotatable bonds is 24. The molecular formula is C104H62Cl4N8S12. The first kappa shape index (κ1) is 85.0. The second-order valence-corrected chi connectivity index (χ2v) is 43.3.